The summed E-state index contributed by atoms with van der Waals surface area (Å²) in [5.41, 5.74) is 0. The Morgan fingerprint density at radius 3 is 2.47 bits per heavy atom. The van der Waals surface area contributed by atoms with Crippen LogP contribution in [0.25, 0.3) is 0 Å². The highest BCUT2D eigenvalue weighted by molar-refractivity contribution is 6.08. The molecular formula is C12H21NO2. The van der Waals surface area contributed by atoms with Crippen molar-refractivity contribution < 1.29 is 9.59 Å². The van der Waals surface area contributed by atoms with Crippen LogP contribution in [-0.4, -0.2) is 29.7 Å². The van der Waals surface area contributed by atoms with E-state index in [-0.39, 0.29) is 17.6 Å². The van der Waals surface area contributed by atoms with Crippen LogP contribution >= 0.6 is 0 Å². The summed E-state index contributed by atoms with van der Waals surface area (Å²) in [6.07, 6.45) is 4.84. The first-order valence-corrected chi connectivity index (χ1v) is 6.02. The fraction of sp³-hybridized carbons (Fsp3) is 0.833. The molecule has 1 rings (SSSR count). The normalized spacial score (nSPS) is 21.5. The van der Waals surface area contributed by atoms with Gasteiger partial charge in [-0.25, -0.2) is 0 Å². The molecule has 0 radical (unpaired) electrons. The topological polar surface area (TPSA) is 37.4 Å². The fourth-order valence-electron chi connectivity index (χ4n) is 1.97. The molecule has 3 nitrogen and oxygen atoms in total. The summed E-state index contributed by atoms with van der Waals surface area (Å²) in [4.78, 5) is 25.2. The lowest BCUT2D eigenvalue weighted by Gasteiger charge is -2.14. The van der Waals surface area contributed by atoms with Crippen molar-refractivity contribution in [2.45, 2.75) is 46.0 Å². The van der Waals surface area contributed by atoms with Gasteiger partial charge >= 0.3 is 0 Å². The van der Waals surface area contributed by atoms with Crippen LogP contribution in [0.1, 0.15) is 46.0 Å². The van der Waals surface area contributed by atoms with Gasteiger partial charge in [0.25, 0.3) is 0 Å². The minimum atomic E-state index is -0.318. The Balaban J connectivity index is 2.46. The van der Waals surface area contributed by atoms with E-state index in [1.807, 2.05) is 0 Å². The molecule has 0 spiro atoms. The molecule has 15 heavy (non-hydrogen) atoms. The molecular weight excluding hydrogens is 190 g/mol. The number of nitrogens with zero attached hydrogens (tertiary/aromatic N) is 1. The van der Waals surface area contributed by atoms with Crippen LogP contribution in [0.3, 0.4) is 0 Å². The molecule has 1 heterocycles. The van der Waals surface area contributed by atoms with E-state index in [1.165, 1.54) is 0 Å². The number of hydrogen-bond donors (Lipinski definition) is 0. The highest BCUT2D eigenvalue weighted by atomic mass is 16.2. The second-order valence-electron chi connectivity index (χ2n) is 4.27. The molecule has 86 valence electrons. The first-order valence-electron chi connectivity index (χ1n) is 6.02. The summed E-state index contributed by atoms with van der Waals surface area (Å²) in [5.74, 6) is -0.117. The quantitative estimate of drug-likeness (QED) is 0.630. The van der Waals surface area contributed by atoms with Gasteiger partial charge in [0.2, 0.25) is 5.91 Å². The average Bonchev–Trinajstić information content (AvgIpc) is 2.49. The Morgan fingerprint density at radius 1 is 1.20 bits per heavy atom. The number of amides is 1. The third kappa shape index (κ3) is 3.05. The highest BCUT2D eigenvalue weighted by Crippen LogP contribution is 2.20. The van der Waals surface area contributed by atoms with Crippen molar-refractivity contribution in [1.82, 2.24) is 4.90 Å². The molecule has 0 aliphatic carbocycles. The van der Waals surface area contributed by atoms with Gasteiger partial charge in [0.05, 0.1) is 12.5 Å². The van der Waals surface area contributed by atoms with Crippen LogP contribution in [0.4, 0.5) is 0 Å². The molecule has 1 aliphatic heterocycles. The SMILES string of the molecule is CCCCC1C(=O)CN(CCCC)C1=O. The van der Waals surface area contributed by atoms with Crippen LogP contribution in [0, 0.1) is 5.92 Å². The van der Waals surface area contributed by atoms with Crippen molar-refractivity contribution in [3.63, 3.8) is 0 Å². The summed E-state index contributed by atoms with van der Waals surface area (Å²) in [6.45, 7) is 5.28. The lowest BCUT2D eigenvalue weighted by atomic mass is 10.00. The third-order valence-electron chi connectivity index (χ3n) is 2.97. The van der Waals surface area contributed by atoms with Gasteiger partial charge in [-0.15, -0.1) is 0 Å². The lowest BCUT2D eigenvalue weighted by molar-refractivity contribution is -0.132. The van der Waals surface area contributed by atoms with E-state index in [0.29, 0.717) is 6.54 Å². The van der Waals surface area contributed by atoms with Gasteiger partial charge in [0, 0.05) is 6.54 Å². The first-order chi connectivity index (χ1) is 7.20. The number of Topliss-reactive ketones (excluding diaryl/α,β-unsaturated/α-hetero) is 1. The van der Waals surface area contributed by atoms with E-state index >= 15 is 0 Å². The maximum atomic E-state index is 11.8. The molecule has 1 amide bonds. The number of likely N-dealkylation sites (tertiary alicyclic amines) is 1. The van der Waals surface area contributed by atoms with Gasteiger partial charge in [-0.2, -0.15) is 0 Å². The molecule has 1 aliphatic rings. The lowest BCUT2D eigenvalue weighted by Crippen LogP contribution is -2.28. The first kappa shape index (κ1) is 12.2. The van der Waals surface area contributed by atoms with E-state index in [9.17, 15) is 9.59 Å². The van der Waals surface area contributed by atoms with Gasteiger partial charge in [0.15, 0.2) is 5.78 Å². The predicted octanol–water partition coefficient (Wildman–Crippen LogP) is 2.00. The van der Waals surface area contributed by atoms with Crippen molar-refractivity contribution in [3.05, 3.63) is 0 Å². The average molecular weight is 211 g/mol. The number of unbranched alkanes of at least 4 members (excludes halogenated alkanes) is 2. The van der Waals surface area contributed by atoms with Gasteiger partial charge in [-0.05, 0) is 12.8 Å². The van der Waals surface area contributed by atoms with Gasteiger partial charge < -0.3 is 4.90 Å². The Morgan fingerprint density at radius 2 is 1.87 bits per heavy atom. The van der Waals surface area contributed by atoms with Crippen LogP contribution in [-0.2, 0) is 9.59 Å². The number of hydrogen-bond acceptors (Lipinski definition) is 2. The second kappa shape index (κ2) is 5.89. The fourth-order valence-corrected chi connectivity index (χ4v) is 1.97. The molecule has 0 bridgehead atoms. The van der Waals surface area contributed by atoms with E-state index < -0.39 is 0 Å². The summed E-state index contributed by atoms with van der Waals surface area (Å²) >= 11 is 0. The largest absolute Gasteiger partial charge is 0.335 e. The van der Waals surface area contributed by atoms with E-state index in [2.05, 4.69) is 13.8 Å². The molecule has 1 atom stereocenters. The number of carbonyl (C=O) groups excluding carboxylic acids is 2. The van der Waals surface area contributed by atoms with Crippen molar-refractivity contribution in [2.75, 3.05) is 13.1 Å². The zero-order valence-corrected chi connectivity index (χ0v) is 9.79. The van der Waals surface area contributed by atoms with E-state index in [1.54, 1.807) is 4.90 Å². The Bertz CT molecular complexity index is 238. The number of ketones is 1. The summed E-state index contributed by atoms with van der Waals surface area (Å²) in [6, 6.07) is 0. The Kier molecular flexibility index (Phi) is 4.79. The number of carbonyl (C=O) groups is 2. The molecule has 1 fully saturated rings. The summed E-state index contributed by atoms with van der Waals surface area (Å²) in [7, 11) is 0. The Hall–Kier alpha value is -0.860. The predicted molar refractivity (Wildman–Crippen MR) is 59.5 cm³/mol. The third-order valence-corrected chi connectivity index (χ3v) is 2.97. The summed E-state index contributed by atoms with van der Waals surface area (Å²) in [5, 5.41) is 0. The molecule has 3 heteroatoms. The molecule has 0 aromatic rings. The zero-order chi connectivity index (χ0) is 11.3. The molecule has 0 N–H and O–H groups in total. The summed E-state index contributed by atoms with van der Waals surface area (Å²) < 4.78 is 0. The monoisotopic (exact) mass is 211 g/mol. The smallest absolute Gasteiger partial charge is 0.233 e. The maximum absolute atomic E-state index is 11.8. The van der Waals surface area contributed by atoms with Crippen molar-refractivity contribution >= 4 is 11.7 Å². The standard InChI is InChI=1S/C12H21NO2/c1-3-5-7-10-11(14)9-13(12(10)15)8-6-4-2/h10H,3-9H2,1-2H3. The van der Waals surface area contributed by atoms with E-state index in [0.717, 1.165) is 38.6 Å². The molecule has 1 saturated heterocycles. The Labute approximate surface area is 91.8 Å². The van der Waals surface area contributed by atoms with Crippen LogP contribution in [0.5, 0.6) is 0 Å². The minimum Gasteiger partial charge on any atom is -0.335 e. The second-order valence-corrected chi connectivity index (χ2v) is 4.27. The number of rotatable bonds is 6. The van der Waals surface area contributed by atoms with Gasteiger partial charge in [-0.3, -0.25) is 9.59 Å². The van der Waals surface area contributed by atoms with Gasteiger partial charge in [-0.1, -0.05) is 33.1 Å². The van der Waals surface area contributed by atoms with Crippen LogP contribution < -0.4 is 0 Å². The molecule has 0 saturated carbocycles. The minimum absolute atomic E-state index is 0.0712. The van der Waals surface area contributed by atoms with Crippen LogP contribution in [0.2, 0.25) is 0 Å². The highest BCUT2D eigenvalue weighted by Gasteiger charge is 2.37. The van der Waals surface area contributed by atoms with Crippen molar-refractivity contribution in [3.8, 4) is 0 Å². The van der Waals surface area contributed by atoms with Crippen molar-refractivity contribution in [1.29, 1.82) is 0 Å². The zero-order valence-electron chi connectivity index (χ0n) is 9.79. The van der Waals surface area contributed by atoms with Gasteiger partial charge in [0.1, 0.15) is 0 Å². The molecule has 1 unspecified atom stereocenters. The van der Waals surface area contributed by atoms with E-state index in [4.69, 9.17) is 0 Å². The van der Waals surface area contributed by atoms with Crippen LogP contribution in [0.15, 0.2) is 0 Å². The van der Waals surface area contributed by atoms with Crippen molar-refractivity contribution in [2.24, 2.45) is 5.92 Å². The molecule has 0 aromatic carbocycles. The maximum Gasteiger partial charge on any atom is 0.233 e. The molecule has 0 aromatic heterocycles.